The number of rotatable bonds is 4. The van der Waals surface area contributed by atoms with Crippen LogP contribution in [0, 0.1) is 0 Å². The lowest BCUT2D eigenvalue weighted by atomic mass is 10.1. The van der Waals surface area contributed by atoms with Crippen LogP contribution in [-0.2, 0) is 9.53 Å². The zero-order valence-corrected chi connectivity index (χ0v) is 9.05. The van der Waals surface area contributed by atoms with Crippen molar-refractivity contribution in [3.05, 3.63) is 0 Å². The number of amides is 1. The summed E-state index contributed by atoms with van der Waals surface area (Å²) in [5.74, 6) is 0.0405. The molecule has 0 aromatic heterocycles. The van der Waals surface area contributed by atoms with Gasteiger partial charge in [0.1, 0.15) is 6.61 Å². The van der Waals surface area contributed by atoms with E-state index in [4.69, 9.17) is 4.74 Å². The molecule has 0 saturated heterocycles. The van der Waals surface area contributed by atoms with Crippen molar-refractivity contribution >= 4 is 5.91 Å². The quantitative estimate of drug-likeness (QED) is 0.702. The molecule has 0 atom stereocenters. The van der Waals surface area contributed by atoms with Crippen LogP contribution in [0.3, 0.4) is 0 Å². The van der Waals surface area contributed by atoms with Crippen molar-refractivity contribution in [2.45, 2.75) is 51.5 Å². The van der Waals surface area contributed by atoms with Crippen molar-refractivity contribution < 1.29 is 9.53 Å². The van der Waals surface area contributed by atoms with Crippen LogP contribution in [0.4, 0.5) is 0 Å². The summed E-state index contributed by atoms with van der Waals surface area (Å²) in [6.45, 7) is 2.73. The van der Waals surface area contributed by atoms with Crippen molar-refractivity contribution in [1.29, 1.82) is 0 Å². The molecule has 1 rings (SSSR count). The maximum absolute atomic E-state index is 11.3. The molecule has 0 radical (unpaired) electrons. The highest BCUT2D eigenvalue weighted by molar-refractivity contribution is 5.77. The molecule has 0 aromatic rings. The standard InChI is InChI=1S/C11H21NO2/c1-2-14-9-11(13)12-10-7-5-3-4-6-8-10/h10H,2-9H2,1H3,(H,12,13). The Kier molecular flexibility index (Phi) is 5.60. The first kappa shape index (κ1) is 11.5. The van der Waals surface area contributed by atoms with Crippen LogP contribution in [0.1, 0.15) is 45.4 Å². The molecule has 1 aliphatic rings. The molecule has 1 N–H and O–H groups in total. The fourth-order valence-corrected chi connectivity index (χ4v) is 1.89. The van der Waals surface area contributed by atoms with E-state index in [1.54, 1.807) is 0 Å². The summed E-state index contributed by atoms with van der Waals surface area (Å²) < 4.78 is 5.06. The first-order valence-corrected chi connectivity index (χ1v) is 5.70. The molecular weight excluding hydrogens is 178 g/mol. The molecule has 0 unspecified atom stereocenters. The number of carbonyl (C=O) groups is 1. The third kappa shape index (κ3) is 4.61. The third-order valence-corrected chi connectivity index (χ3v) is 2.66. The summed E-state index contributed by atoms with van der Waals surface area (Å²) in [6.07, 6.45) is 7.41. The molecule has 82 valence electrons. The average molecular weight is 199 g/mol. The molecule has 0 spiro atoms. The van der Waals surface area contributed by atoms with Crippen molar-refractivity contribution in [3.63, 3.8) is 0 Å². The second-order valence-electron chi connectivity index (χ2n) is 3.89. The average Bonchev–Trinajstić information content (AvgIpc) is 2.43. The molecule has 1 aliphatic carbocycles. The topological polar surface area (TPSA) is 38.3 Å². The van der Waals surface area contributed by atoms with Crippen molar-refractivity contribution in [2.24, 2.45) is 0 Å². The molecule has 1 amide bonds. The normalized spacial score (nSPS) is 18.9. The summed E-state index contributed by atoms with van der Waals surface area (Å²) in [5, 5.41) is 3.03. The van der Waals surface area contributed by atoms with Gasteiger partial charge in [-0.15, -0.1) is 0 Å². The maximum Gasteiger partial charge on any atom is 0.246 e. The molecule has 0 aliphatic heterocycles. The van der Waals surface area contributed by atoms with Crippen LogP contribution in [0.2, 0.25) is 0 Å². The SMILES string of the molecule is CCOCC(=O)NC1CCCCCC1. The lowest BCUT2D eigenvalue weighted by Crippen LogP contribution is -2.36. The highest BCUT2D eigenvalue weighted by atomic mass is 16.5. The highest BCUT2D eigenvalue weighted by Crippen LogP contribution is 2.16. The predicted octanol–water partition coefficient (Wildman–Crippen LogP) is 1.86. The molecule has 14 heavy (non-hydrogen) atoms. The smallest absolute Gasteiger partial charge is 0.246 e. The van der Waals surface area contributed by atoms with Crippen LogP contribution >= 0.6 is 0 Å². The Labute approximate surface area is 86.2 Å². The number of nitrogens with one attached hydrogen (secondary N) is 1. The summed E-state index contributed by atoms with van der Waals surface area (Å²) in [7, 11) is 0. The van der Waals surface area contributed by atoms with Gasteiger partial charge in [-0.1, -0.05) is 25.7 Å². The van der Waals surface area contributed by atoms with Gasteiger partial charge >= 0.3 is 0 Å². The van der Waals surface area contributed by atoms with Gasteiger partial charge in [-0.05, 0) is 19.8 Å². The van der Waals surface area contributed by atoms with Gasteiger partial charge in [0.2, 0.25) is 5.91 Å². The first-order valence-electron chi connectivity index (χ1n) is 5.70. The predicted molar refractivity (Wildman–Crippen MR) is 56.1 cm³/mol. The lowest BCUT2D eigenvalue weighted by Gasteiger charge is -2.15. The van der Waals surface area contributed by atoms with Gasteiger partial charge in [-0.2, -0.15) is 0 Å². The Balaban J connectivity index is 2.17. The minimum Gasteiger partial charge on any atom is -0.372 e. The minimum atomic E-state index is 0.0405. The number of hydrogen-bond donors (Lipinski definition) is 1. The van der Waals surface area contributed by atoms with Gasteiger partial charge in [0.05, 0.1) is 0 Å². The van der Waals surface area contributed by atoms with E-state index in [2.05, 4.69) is 5.32 Å². The van der Waals surface area contributed by atoms with E-state index in [0.29, 0.717) is 12.6 Å². The Morgan fingerprint density at radius 1 is 1.29 bits per heavy atom. The molecule has 3 heteroatoms. The highest BCUT2D eigenvalue weighted by Gasteiger charge is 2.14. The second kappa shape index (κ2) is 6.82. The third-order valence-electron chi connectivity index (χ3n) is 2.66. The minimum absolute atomic E-state index is 0.0405. The first-order chi connectivity index (χ1) is 6.83. The molecular formula is C11H21NO2. The van der Waals surface area contributed by atoms with Gasteiger partial charge in [0.15, 0.2) is 0 Å². The Morgan fingerprint density at radius 2 is 1.93 bits per heavy atom. The van der Waals surface area contributed by atoms with Crippen LogP contribution in [-0.4, -0.2) is 25.2 Å². The second-order valence-corrected chi connectivity index (χ2v) is 3.89. The number of hydrogen-bond acceptors (Lipinski definition) is 2. The molecule has 0 heterocycles. The summed E-state index contributed by atoms with van der Waals surface area (Å²) in [6, 6.07) is 0.394. The van der Waals surface area contributed by atoms with E-state index in [9.17, 15) is 4.79 Å². The fourth-order valence-electron chi connectivity index (χ4n) is 1.89. The zero-order valence-electron chi connectivity index (χ0n) is 9.05. The Bertz CT molecular complexity index is 163. The molecule has 0 bridgehead atoms. The summed E-state index contributed by atoms with van der Waals surface area (Å²) >= 11 is 0. The lowest BCUT2D eigenvalue weighted by molar-refractivity contribution is -0.126. The van der Waals surface area contributed by atoms with E-state index in [-0.39, 0.29) is 12.5 Å². The maximum atomic E-state index is 11.3. The van der Waals surface area contributed by atoms with Crippen LogP contribution < -0.4 is 5.32 Å². The summed E-state index contributed by atoms with van der Waals surface area (Å²) in [5.41, 5.74) is 0. The number of carbonyl (C=O) groups excluding carboxylic acids is 1. The van der Waals surface area contributed by atoms with Crippen molar-refractivity contribution in [3.8, 4) is 0 Å². The van der Waals surface area contributed by atoms with E-state index < -0.39 is 0 Å². The fraction of sp³-hybridized carbons (Fsp3) is 0.909. The largest absolute Gasteiger partial charge is 0.372 e. The van der Waals surface area contributed by atoms with Crippen molar-refractivity contribution in [1.82, 2.24) is 5.32 Å². The Morgan fingerprint density at radius 3 is 2.50 bits per heavy atom. The summed E-state index contributed by atoms with van der Waals surface area (Å²) in [4.78, 5) is 11.3. The van der Waals surface area contributed by atoms with E-state index >= 15 is 0 Å². The number of ether oxygens (including phenoxy) is 1. The monoisotopic (exact) mass is 199 g/mol. The molecule has 1 fully saturated rings. The van der Waals surface area contributed by atoms with Gasteiger partial charge < -0.3 is 10.1 Å². The molecule has 1 saturated carbocycles. The zero-order chi connectivity index (χ0) is 10.2. The van der Waals surface area contributed by atoms with Gasteiger partial charge in [0.25, 0.3) is 0 Å². The Hall–Kier alpha value is -0.570. The van der Waals surface area contributed by atoms with Gasteiger partial charge in [-0.25, -0.2) is 0 Å². The van der Waals surface area contributed by atoms with Crippen LogP contribution in [0.5, 0.6) is 0 Å². The van der Waals surface area contributed by atoms with Crippen LogP contribution in [0.25, 0.3) is 0 Å². The van der Waals surface area contributed by atoms with Crippen molar-refractivity contribution in [2.75, 3.05) is 13.2 Å². The van der Waals surface area contributed by atoms with E-state index in [1.165, 1.54) is 25.7 Å². The molecule has 0 aromatic carbocycles. The van der Waals surface area contributed by atoms with Gasteiger partial charge in [-0.3, -0.25) is 4.79 Å². The molecule has 3 nitrogen and oxygen atoms in total. The van der Waals surface area contributed by atoms with E-state index in [0.717, 1.165) is 12.8 Å². The van der Waals surface area contributed by atoms with Crippen LogP contribution in [0.15, 0.2) is 0 Å². The van der Waals surface area contributed by atoms with Gasteiger partial charge in [0, 0.05) is 12.6 Å². The van der Waals surface area contributed by atoms with E-state index in [1.807, 2.05) is 6.92 Å².